The van der Waals surface area contributed by atoms with Crippen LogP contribution in [0.5, 0.6) is 11.5 Å². The minimum absolute atomic E-state index is 0.227. The van der Waals surface area contributed by atoms with E-state index in [-0.39, 0.29) is 12.3 Å². The van der Waals surface area contributed by atoms with Gasteiger partial charge in [-0.25, -0.2) is 0 Å². The number of carbonyl (C=O) groups is 2. The molecule has 1 aromatic heterocycles. The molecule has 0 radical (unpaired) electrons. The highest BCUT2D eigenvalue weighted by Crippen LogP contribution is 2.28. The number of nitrogens with one attached hydrogen (secondary N) is 2. The molecule has 0 fully saturated rings. The van der Waals surface area contributed by atoms with Crippen molar-refractivity contribution in [1.29, 1.82) is 0 Å². The van der Waals surface area contributed by atoms with Gasteiger partial charge in [0, 0.05) is 15.3 Å². The lowest BCUT2D eigenvalue weighted by atomic mass is 10.1. The van der Waals surface area contributed by atoms with Crippen LogP contribution in [0.15, 0.2) is 30.3 Å². The van der Waals surface area contributed by atoms with Crippen molar-refractivity contribution in [2.24, 2.45) is 5.92 Å². The third kappa shape index (κ3) is 6.60. The second-order valence-corrected chi connectivity index (χ2v) is 7.96. The van der Waals surface area contributed by atoms with Gasteiger partial charge in [-0.2, -0.15) is 0 Å². The van der Waals surface area contributed by atoms with Gasteiger partial charge in [-0.3, -0.25) is 20.4 Å². The van der Waals surface area contributed by atoms with Gasteiger partial charge < -0.3 is 9.47 Å². The van der Waals surface area contributed by atoms with Gasteiger partial charge in [0.1, 0.15) is 0 Å². The molecule has 2 amide bonds. The van der Waals surface area contributed by atoms with Gasteiger partial charge in [0.2, 0.25) is 5.91 Å². The van der Waals surface area contributed by atoms with E-state index in [1.165, 1.54) is 7.11 Å². The van der Waals surface area contributed by atoms with E-state index in [0.29, 0.717) is 29.6 Å². The summed E-state index contributed by atoms with van der Waals surface area (Å²) >= 11 is 1.56. The van der Waals surface area contributed by atoms with Crippen molar-refractivity contribution in [1.82, 2.24) is 10.9 Å². The third-order valence-electron chi connectivity index (χ3n) is 3.82. The molecule has 2 aromatic rings. The van der Waals surface area contributed by atoms with E-state index in [2.05, 4.69) is 24.7 Å². The molecular weight excluding hydrogens is 364 g/mol. The lowest BCUT2D eigenvalue weighted by Crippen LogP contribution is -2.42. The van der Waals surface area contributed by atoms with Crippen molar-refractivity contribution >= 4 is 23.2 Å². The summed E-state index contributed by atoms with van der Waals surface area (Å²) in [5, 5.41) is 0. The van der Waals surface area contributed by atoms with Crippen LogP contribution < -0.4 is 20.3 Å². The van der Waals surface area contributed by atoms with Crippen molar-refractivity contribution in [3.63, 3.8) is 0 Å². The Bertz CT molecular complexity index is 786. The Labute approximate surface area is 163 Å². The fourth-order valence-electron chi connectivity index (χ4n) is 2.31. The number of amides is 2. The van der Waals surface area contributed by atoms with Gasteiger partial charge in [0.15, 0.2) is 11.5 Å². The molecule has 0 aliphatic heterocycles. The van der Waals surface area contributed by atoms with E-state index in [9.17, 15) is 9.59 Å². The summed E-state index contributed by atoms with van der Waals surface area (Å²) in [4.78, 5) is 26.3. The molecule has 0 saturated heterocycles. The molecular formula is C20H26N2O4S. The van der Waals surface area contributed by atoms with E-state index >= 15 is 0 Å². The summed E-state index contributed by atoms with van der Waals surface area (Å²) in [6, 6.07) is 8.80. The molecule has 0 unspecified atom stereocenters. The fourth-order valence-corrected chi connectivity index (χ4v) is 3.20. The number of aryl methyl sites for hydroxylation is 1. The quantitative estimate of drug-likeness (QED) is 0.677. The molecule has 0 aliphatic carbocycles. The number of methoxy groups -OCH3 is 1. The fraction of sp³-hybridized carbons (Fsp3) is 0.400. The highest BCUT2D eigenvalue weighted by Gasteiger charge is 2.13. The minimum atomic E-state index is -0.419. The predicted molar refractivity (Wildman–Crippen MR) is 106 cm³/mol. The molecule has 1 aromatic carbocycles. The summed E-state index contributed by atoms with van der Waals surface area (Å²) in [5.41, 5.74) is 5.23. The molecule has 7 heteroatoms. The van der Waals surface area contributed by atoms with Crippen molar-refractivity contribution in [2.75, 3.05) is 13.7 Å². The zero-order chi connectivity index (χ0) is 19.8. The normalized spacial score (nSPS) is 10.6. The van der Waals surface area contributed by atoms with Crippen LogP contribution in [-0.4, -0.2) is 25.5 Å². The van der Waals surface area contributed by atoms with Crippen molar-refractivity contribution < 1.29 is 19.1 Å². The Morgan fingerprint density at radius 3 is 2.52 bits per heavy atom. The van der Waals surface area contributed by atoms with Crippen LogP contribution in [0.1, 0.15) is 40.4 Å². The molecule has 0 bridgehead atoms. The van der Waals surface area contributed by atoms with Crippen LogP contribution in [0.2, 0.25) is 0 Å². The van der Waals surface area contributed by atoms with Crippen molar-refractivity contribution in [3.05, 3.63) is 45.6 Å². The standard InChI is InChI=1S/C20H26N2O4S/c1-13(2)9-10-26-17-8-6-15(11-18(17)25-4)20(24)22-21-19(23)12-16-7-5-14(3)27-16/h5-8,11,13H,9-10,12H2,1-4H3,(H,21,23)(H,22,24). The minimum Gasteiger partial charge on any atom is -0.493 e. The zero-order valence-electron chi connectivity index (χ0n) is 16.1. The first-order chi connectivity index (χ1) is 12.9. The SMILES string of the molecule is COc1cc(C(=O)NNC(=O)Cc2ccc(C)s2)ccc1OCCC(C)C. The summed E-state index contributed by atoms with van der Waals surface area (Å²) in [6.45, 7) is 6.82. The number of hydrogen-bond donors (Lipinski definition) is 2. The van der Waals surface area contributed by atoms with Gasteiger partial charge in [-0.05, 0) is 49.6 Å². The van der Waals surface area contributed by atoms with E-state index in [1.54, 1.807) is 29.5 Å². The molecule has 0 spiro atoms. The highest BCUT2D eigenvalue weighted by molar-refractivity contribution is 7.12. The average Bonchev–Trinajstić information content (AvgIpc) is 3.04. The van der Waals surface area contributed by atoms with E-state index in [4.69, 9.17) is 9.47 Å². The first-order valence-corrected chi connectivity index (χ1v) is 9.66. The number of rotatable bonds is 8. The van der Waals surface area contributed by atoms with Crippen molar-refractivity contribution in [2.45, 2.75) is 33.6 Å². The maximum absolute atomic E-state index is 12.3. The predicted octanol–water partition coefficient (Wildman–Crippen LogP) is 3.49. The van der Waals surface area contributed by atoms with Crippen LogP contribution >= 0.6 is 11.3 Å². The average molecular weight is 391 g/mol. The summed E-state index contributed by atoms with van der Waals surface area (Å²) < 4.78 is 11.0. The summed E-state index contributed by atoms with van der Waals surface area (Å²) in [5.74, 6) is 0.921. The summed E-state index contributed by atoms with van der Waals surface area (Å²) in [7, 11) is 1.52. The smallest absolute Gasteiger partial charge is 0.269 e. The lowest BCUT2D eigenvalue weighted by Gasteiger charge is -2.13. The molecule has 1 heterocycles. The van der Waals surface area contributed by atoms with Crippen molar-refractivity contribution in [3.8, 4) is 11.5 Å². The van der Waals surface area contributed by atoms with Crippen LogP contribution in [0.25, 0.3) is 0 Å². The number of carbonyl (C=O) groups excluding carboxylic acids is 2. The Kier molecular flexibility index (Phi) is 7.67. The van der Waals surface area contributed by atoms with Crippen LogP contribution in [0, 0.1) is 12.8 Å². The van der Waals surface area contributed by atoms with Crippen LogP contribution in [-0.2, 0) is 11.2 Å². The second-order valence-electron chi connectivity index (χ2n) is 6.59. The van der Waals surface area contributed by atoms with Gasteiger partial charge in [0.25, 0.3) is 5.91 Å². The van der Waals surface area contributed by atoms with Gasteiger partial charge in [-0.15, -0.1) is 11.3 Å². The number of hydrogen-bond acceptors (Lipinski definition) is 5. The summed E-state index contributed by atoms with van der Waals surface area (Å²) in [6.07, 6.45) is 1.16. The third-order valence-corrected chi connectivity index (χ3v) is 4.83. The van der Waals surface area contributed by atoms with E-state index in [1.807, 2.05) is 19.1 Å². The molecule has 2 N–H and O–H groups in total. The Balaban J connectivity index is 1.90. The molecule has 146 valence electrons. The molecule has 2 rings (SSSR count). The highest BCUT2D eigenvalue weighted by atomic mass is 32.1. The molecule has 6 nitrogen and oxygen atoms in total. The monoisotopic (exact) mass is 390 g/mol. The Morgan fingerprint density at radius 2 is 1.89 bits per heavy atom. The van der Waals surface area contributed by atoms with Crippen LogP contribution in [0.3, 0.4) is 0 Å². The molecule has 0 saturated carbocycles. The topological polar surface area (TPSA) is 76.7 Å². The molecule has 0 aliphatic rings. The van der Waals surface area contributed by atoms with E-state index in [0.717, 1.165) is 16.2 Å². The van der Waals surface area contributed by atoms with E-state index < -0.39 is 5.91 Å². The lowest BCUT2D eigenvalue weighted by molar-refractivity contribution is -0.121. The number of ether oxygens (including phenoxy) is 2. The molecule has 27 heavy (non-hydrogen) atoms. The first kappa shape index (κ1) is 20.8. The molecule has 0 atom stereocenters. The van der Waals surface area contributed by atoms with Gasteiger partial charge >= 0.3 is 0 Å². The second kappa shape index (κ2) is 9.97. The number of thiophene rings is 1. The maximum atomic E-state index is 12.3. The van der Waals surface area contributed by atoms with Gasteiger partial charge in [-0.1, -0.05) is 13.8 Å². The largest absolute Gasteiger partial charge is 0.493 e. The maximum Gasteiger partial charge on any atom is 0.269 e. The van der Waals surface area contributed by atoms with Gasteiger partial charge in [0.05, 0.1) is 20.1 Å². The van der Waals surface area contributed by atoms with Crippen LogP contribution in [0.4, 0.5) is 0 Å². The number of benzene rings is 1. The Hall–Kier alpha value is -2.54. The zero-order valence-corrected chi connectivity index (χ0v) is 16.9. The Morgan fingerprint density at radius 1 is 1.11 bits per heavy atom. The first-order valence-electron chi connectivity index (χ1n) is 8.84. The number of hydrazine groups is 1.